The number of benzene rings is 1. The molecule has 26 heavy (non-hydrogen) atoms. The normalized spacial score (nSPS) is 20.7. The summed E-state index contributed by atoms with van der Waals surface area (Å²) < 4.78 is 10.9. The standard InChI is InChI=1S/C20H31N3O3/c1-15-4-5-19(25-3)18(14-15)16(2)21-20(24)23-10-8-22(9-11-23)17-6-12-26-13-7-17/h4-5,14,16-17H,6-13H2,1-3H3,(H,21,24). The minimum absolute atomic E-state index is 0.00712. The fourth-order valence-corrected chi connectivity index (χ4v) is 3.89. The van der Waals surface area contributed by atoms with Crippen LogP contribution in [0.3, 0.4) is 0 Å². The second-order valence-electron chi connectivity index (χ2n) is 7.28. The fourth-order valence-electron chi connectivity index (χ4n) is 3.89. The average molecular weight is 361 g/mol. The Morgan fingerprint density at radius 2 is 1.92 bits per heavy atom. The highest BCUT2D eigenvalue weighted by atomic mass is 16.5. The summed E-state index contributed by atoms with van der Waals surface area (Å²) in [5, 5.41) is 3.13. The summed E-state index contributed by atoms with van der Waals surface area (Å²) in [5.41, 5.74) is 2.17. The number of aryl methyl sites for hydroxylation is 1. The third-order valence-corrected chi connectivity index (χ3v) is 5.50. The summed E-state index contributed by atoms with van der Waals surface area (Å²) in [6, 6.07) is 6.59. The first-order valence-electron chi connectivity index (χ1n) is 9.60. The quantitative estimate of drug-likeness (QED) is 0.896. The SMILES string of the molecule is COc1ccc(C)cc1C(C)NC(=O)N1CCN(C2CCOCC2)CC1. The molecule has 2 aliphatic heterocycles. The number of nitrogens with zero attached hydrogens (tertiary/aromatic N) is 2. The van der Waals surface area contributed by atoms with Crippen molar-refractivity contribution in [2.45, 2.75) is 38.8 Å². The Balaban J connectivity index is 1.53. The van der Waals surface area contributed by atoms with Crippen molar-refractivity contribution in [1.82, 2.24) is 15.1 Å². The van der Waals surface area contributed by atoms with Crippen LogP contribution in [0.2, 0.25) is 0 Å². The van der Waals surface area contributed by atoms with Crippen molar-refractivity contribution in [3.8, 4) is 5.75 Å². The molecular weight excluding hydrogens is 330 g/mol. The average Bonchev–Trinajstić information content (AvgIpc) is 2.68. The van der Waals surface area contributed by atoms with Crippen molar-refractivity contribution >= 4 is 6.03 Å². The Hall–Kier alpha value is -1.79. The smallest absolute Gasteiger partial charge is 0.317 e. The maximum atomic E-state index is 12.7. The number of amides is 2. The van der Waals surface area contributed by atoms with E-state index >= 15 is 0 Å². The molecule has 144 valence electrons. The highest BCUT2D eigenvalue weighted by molar-refractivity contribution is 5.75. The van der Waals surface area contributed by atoms with Gasteiger partial charge in [0.15, 0.2) is 0 Å². The summed E-state index contributed by atoms with van der Waals surface area (Å²) in [6.45, 7) is 9.23. The van der Waals surface area contributed by atoms with Crippen LogP contribution in [0, 0.1) is 6.92 Å². The van der Waals surface area contributed by atoms with Crippen molar-refractivity contribution in [3.05, 3.63) is 29.3 Å². The molecule has 2 amide bonds. The summed E-state index contributed by atoms with van der Waals surface area (Å²) in [4.78, 5) is 17.1. The van der Waals surface area contributed by atoms with Crippen LogP contribution >= 0.6 is 0 Å². The maximum Gasteiger partial charge on any atom is 0.317 e. The highest BCUT2D eigenvalue weighted by Gasteiger charge is 2.28. The predicted molar refractivity (Wildman–Crippen MR) is 102 cm³/mol. The number of carbonyl (C=O) groups is 1. The minimum Gasteiger partial charge on any atom is -0.496 e. The Morgan fingerprint density at radius 1 is 1.23 bits per heavy atom. The molecule has 1 aromatic carbocycles. The second-order valence-corrected chi connectivity index (χ2v) is 7.28. The van der Waals surface area contributed by atoms with Gasteiger partial charge in [-0.1, -0.05) is 17.7 Å². The summed E-state index contributed by atoms with van der Waals surface area (Å²) in [6.07, 6.45) is 2.22. The number of hydrogen-bond acceptors (Lipinski definition) is 4. The summed E-state index contributed by atoms with van der Waals surface area (Å²) in [5.74, 6) is 0.813. The van der Waals surface area contributed by atoms with Crippen LogP contribution in [0.25, 0.3) is 0 Å². The molecule has 3 rings (SSSR count). The van der Waals surface area contributed by atoms with Gasteiger partial charge < -0.3 is 19.7 Å². The van der Waals surface area contributed by atoms with Crippen molar-refractivity contribution in [2.24, 2.45) is 0 Å². The molecule has 0 radical (unpaired) electrons. The van der Waals surface area contributed by atoms with Gasteiger partial charge in [0.2, 0.25) is 0 Å². The molecule has 1 atom stereocenters. The number of hydrogen-bond donors (Lipinski definition) is 1. The van der Waals surface area contributed by atoms with Crippen LogP contribution in [0.1, 0.15) is 36.9 Å². The lowest BCUT2D eigenvalue weighted by atomic mass is 10.0. The zero-order valence-corrected chi connectivity index (χ0v) is 16.2. The van der Waals surface area contributed by atoms with Gasteiger partial charge in [-0.25, -0.2) is 4.79 Å². The van der Waals surface area contributed by atoms with Gasteiger partial charge in [-0.3, -0.25) is 4.90 Å². The van der Waals surface area contributed by atoms with E-state index in [-0.39, 0.29) is 12.1 Å². The van der Waals surface area contributed by atoms with E-state index in [1.807, 2.05) is 30.9 Å². The lowest BCUT2D eigenvalue weighted by Gasteiger charge is -2.40. The Kier molecular flexibility index (Phi) is 6.38. The minimum atomic E-state index is -0.0918. The number of carbonyl (C=O) groups excluding carboxylic acids is 1. The van der Waals surface area contributed by atoms with Crippen LogP contribution in [0.15, 0.2) is 18.2 Å². The molecule has 6 nitrogen and oxygen atoms in total. The van der Waals surface area contributed by atoms with Crippen LogP contribution in [0.5, 0.6) is 5.75 Å². The lowest BCUT2D eigenvalue weighted by Crippen LogP contribution is -2.55. The molecule has 6 heteroatoms. The van der Waals surface area contributed by atoms with E-state index in [0.29, 0.717) is 6.04 Å². The van der Waals surface area contributed by atoms with Gasteiger partial charge in [0.05, 0.1) is 13.2 Å². The Morgan fingerprint density at radius 3 is 2.58 bits per heavy atom. The number of ether oxygens (including phenoxy) is 2. The van der Waals surface area contributed by atoms with Crippen molar-refractivity contribution in [2.75, 3.05) is 46.5 Å². The number of methoxy groups -OCH3 is 1. The van der Waals surface area contributed by atoms with E-state index in [2.05, 4.69) is 16.3 Å². The van der Waals surface area contributed by atoms with Crippen LogP contribution in [-0.2, 0) is 4.74 Å². The molecule has 1 N–H and O–H groups in total. The molecular formula is C20H31N3O3. The molecule has 2 aliphatic rings. The van der Waals surface area contributed by atoms with E-state index in [9.17, 15) is 4.79 Å². The Bertz CT molecular complexity index is 608. The molecule has 0 aliphatic carbocycles. The molecule has 0 aromatic heterocycles. The molecule has 1 unspecified atom stereocenters. The topological polar surface area (TPSA) is 54.0 Å². The second kappa shape index (κ2) is 8.73. The molecule has 2 saturated heterocycles. The third-order valence-electron chi connectivity index (χ3n) is 5.50. The first-order chi connectivity index (χ1) is 12.6. The van der Waals surface area contributed by atoms with Gasteiger partial charge in [-0.15, -0.1) is 0 Å². The monoisotopic (exact) mass is 361 g/mol. The zero-order valence-electron chi connectivity index (χ0n) is 16.2. The maximum absolute atomic E-state index is 12.7. The third kappa shape index (κ3) is 4.48. The van der Waals surface area contributed by atoms with Gasteiger partial charge in [0.25, 0.3) is 0 Å². The fraction of sp³-hybridized carbons (Fsp3) is 0.650. The van der Waals surface area contributed by atoms with Crippen LogP contribution in [0.4, 0.5) is 4.79 Å². The molecule has 0 bridgehead atoms. The van der Waals surface area contributed by atoms with Gasteiger partial charge >= 0.3 is 6.03 Å². The number of nitrogens with one attached hydrogen (secondary N) is 1. The van der Waals surface area contributed by atoms with Crippen LogP contribution in [-0.4, -0.2) is 68.4 Å². The van der Waals surface area contributed by atoms with Gasteiger partial charge in [0, 0.05) is 51.0 Å². The molecule has 0 spiro atoms. The Labute approximate surface area is 156 Å². The lowest BCUT2D eigenvalue weighted by molar-refractivity contribution is 0.0186. The highest BCUT2D eigenvalue weighted by Crippen LogP contribution is 2.26. The number of piperazine rings is 1. The first-order valence-corrected chi connectivity index (χ1v) is 9.60. The van der Waals surface area contributed by atoms with E-state index in [0.717, 1.165) is 69.1 Å². The summed E-state index contributed by atoms with van der Waals surface area (Å²) >= 11 is 0. The molecule has 0 saturated carbocycles. The van der Waals surface area contributed by atoms with Crippen molar-refractivity contribution in [1.29, 1.82) is 0 Å². The first kappa shape index (κ1) is 19.0. The van der Waals surface area contributed by atoms with Gasteiger partial charge in [0.1, 0.15) is 5.75 Å². The number of rotatable bonds is 4. The predicted octanol–water partition coefficient (Wildman–Crippen LogP) is 2.57. The molecule has 2 fully saturated rings. The van der Waals surface area contributed by atoms with Crippen molar-refractivity contribution < 1.29 is 14.3 Å². The van der Waals surface area contributed by atoms with E-state index < -0.39 is 0 Å². The number of urea groups is 1. The van der Waals surface area contributed by atoms with E-state index in [4.69, 9.17) is 9.47 Å². The van der Waals surface area contributed by atoms with Gasteiger partial charge in [-0.05, 0) is 32.8 Å². The van der Waals surface area contributed by atoms with E-state index in [1.54, 1.807) is 7.11 Å². The zero-order chi connectivity index (χ0) is 18.5. The largest absolute Gasteiger partial charge is 0.496 e. The van der Waals surface area contributed by atoms with Crippen molar-refractivity contribution in [3.63, 3.8) is 0 Å². The molecule has 2 heterocycles. The summed E-state index contributed by atoms with van der Waals surface area (Å²) in [7, 11) is 1.66. The van der Waals surface area contributed by atoms with E-state index in [1.165, 1.54) is 0 Å². The van der Waals surface area contributed by atoms with Gasteiger partial charge in [-0.2, -0.15) is 0 Å². The van der Waals surface area contributed by atoms with Crippen LogP contribution < -0.4 is 10.1 Å². The molecule has 1 aromatic rings.